The number of aromatic nitrogens is 1. The molecule has 0 aliphatic rings. The molecule has 0 saturated heterocycles. The molecule has 8 heteroatoms. The zero-order chi connectivity index (χ0) is 26.3. The van der Waals surface area contributed by atoms with Crippen LogP contribution in [0.3, 0.4) is 0 Å². The Morgan fingerprint density at radius 3 is 2.43 bits per heavy atom. The third-order valence-corrected chi connectivity index (χ3v) is 5.10. The number of amides is 1. The molecule has 0 bridgehead atoms. The van der Waals surface area contributed by atoms with E-state index < -0.39 is 5.92 Å². The van der Waals surface area contributed by atoms with E-state index in [1.807, 2.05) is 32.0 Å². The highest BCUT2D eigenvalue weighted by Gasteiger charge is 2.27. The van der Waals surface area contributed by atoms with Crippen LogP contribution in [0.2, 0.25) is 0 Å². The minimum Gasteiger partial charge on any atom is -0.389 e. The lowest BCUT2D eigenvalue weighted by Crippen LogP contribution is -2.27. The fourth-order valence-corrected chi connectivity index (χ4v) is 3.10. The number of nitrogens with one attached hydrogen (secondary N) is 3. The summed E-state index contributed by atoms with van der Waals surface area (Å²) in [6.07, 6.45) is 3.47. The van der Waals surface area contributed by atoms with Gasteiger partial charge in [0, 0.05) is 55.1 Å². The summed E-state index contributed by atoms with van der Waals surface area (Å²) in [5.74, 6) is 3.94. The van der Waals surface area contributed by atoms with Crippen molar-refractivity contribution in [1.82, 2.24) is 15.6 Å². The Morgan fingerprint density at radius 1 is 1.11 bits per heavy atom. The Morgan fingerprint density at radius 2 is 1.86 bits per heavy atom. The number of aryl methyl sites for hydroxylation is 1. The lowest BCUT2D eigenvalue weighted by atomic mass is 10.0. The second-order valence-corrected chi connectivity index (χ2v) is 7.51. The van der Waals surface area contributed by atoms with Crippen LogP contribution in [-0.4, -0.2) is 44.0 Å². The molecule has 0 atom stereocenters. The van der Waals surface area contributed by atoms with Crippen molar-refractivity contribution in [3.05, 3.63) is 70.6 Å². The van der Waals surface area contributed by atoms with Crippen molar-refractivity contribution in [1.29, 1.82) is 0 Å². The smallest absolute Gasteiger partial charge is 0.253 e. The molecule has 1 amide bonds. The predicted octanol–water partition coefficient (Wildman–Crippen LogP) is 4.32. The normalized spacial score (nSPS) is 10.9. The highest BCUT2D eigenvalue weighted by Crippen LogP contribution is 2.25. The van der Waals surface area contributed by atoms with E-state index in [0.29, 0.717) is 17.8 Å². The first-order valence-corrected chi connectivity index (χ1v) is 11.8. The van der Waals surface area contributed by atoms with E-state index >= 15 is 0 Å². The van der Waals surface area contributed by atoms with Crippen LogP contribution in [0.15, 0.2) is 48.3 Å². The van der Waals surface area contributed by atoms with Gasteiger partial charge in [-0.25, -0.2) is 13.8 Å². The van der Waals surface area contributed by atoms with Crippen LogP contribution in [0.4, 0.5) is 14.6 Å². The third kappa shape index (κ3) is 10.1. The van der Waals surface area contributed by atoms with E-state index in [-0.39, 0.29) is 25.3 Å². The number of hydrogen-bond donors (Lipinski definition) is 4. The van der Waals surface area contributed by atoms with E-state index in [0.717, 1.165) is 28.9 Å². The van der Waals surface area contributed by atoms with Crippen LogP contribution >= 0.6 is 0 Å². The molecule has 0 aliphatic carbocycles. The summed E-state index contributed by atoms with van der Waals surface area (Å²) in [5, 5.41) is 8.69. The molecule has 1 heterocycles. The first-order valence-electron chi connectivity index (χ1n) is 11.8. The van der Waals surface area contributed by atoms with Gasteiger partial charge in [0.15, 0.2) is 0 Å². The monoisotopic (exact) mass is 485 g/mol. The minimum atomic E-state index is -2.77. The van der Waals surface area contributed by atoms with Gasteiger partial charge in [-0.3, -0.25) is 4.79 Å². The molecule has 2 rings (SSSR count). The topological polar surface area (TPSA) is 92.1 Å². The molecule has 190 valence electrons. The summed E-state index contributed by atoms with van der Waals surface area (Å²) >= 11 is 0. The summed E-state index contributed by atoms with van der Waals surface area (Å²) < 4.78 is 27.5. The van der Waals surface area contributed by atoms with Crippen LogP contribution in [-0.2, 0) is 6.42 Å². The highest BCUT2D eigenvalue weighted by atomic mass is 19.3. The molecule has 0 unspecified atom stereocenters. The molecule has 0 spiro atoms. The standard InChI is InChI=1S/C26H32F2N4O.CH5N/c1-5-20-11-12-22(16-21(20)10-8-19-9-13-24(29-4)32-18-19)25(33)31-15-14-23(30-7-3)17-26(27,28)6-2;1-2/h9,11-14,16,18,30H,5-7,15,17H2,1-4H3,(H,29,32)(H,31,33);2H2,1H3/b23-14-;. The molecule has 35 heavy (non-hydrogen) atoms. The Hall–Kier alpha value is -3.44. The molecular weight excluding hydrogens is 448 g/mol. The fraction of sp³-hybridized carbons (Fsp3) is 0.407. The average Bonchev–Trinajstić information content (AvgIpc) is 2.88. The van der Waals surface area contributed by atoms with Gasteiger partial charge in [-0.1, -0.05) is 31.8 Å². The number of anilines is 1. The number of carbonyl (C=O) groups excluding carboxylic acids is 1. The van der Waals surface area contributed by atoms with Crippen molar-refractivity contribution >= 4 is 11.7 Å². The molecule has 5 N–H and O–H groups in total. The number of nitrogens with two attached hydrogens (primary N) is 1. The SMILES string of the molecule is CCN/C(=C\CNC(=O)c1ccc(CC)c(C#Cc2ccc(NC)nc2)c1)CC(F)(F)CC.CN. The lowest BCUT2D eigenvalue weighted by Gasteiger charge is -2.17. The summed E-state index contributed by atoms with van der Waals surface area (Å²) in [4.78, 5) is 16.9. The third-order valence-electron chi connectivity index (χ3n) is 5.10. The van der Waals surface area contributed by atoms with Crippen LogP contribution in [0.5, 0.6) is 0 Å². The summed E-state index contributed by atoms with van der Waals surface area (Å²) in [6.45, 7) is 6.02. The van der Waals surface area contributed by atoms with Crippen LogP contribution in [0.25, 0.3) is 0 Å². The van der Waals surface area contributed by atoms with Gasteiger partial charge in [0.2, 0.25) is 0 Å². The van der Waals surface area contributed by atoms with Gasteiger partial charge in [-0.2, -0.15) is 0 Å². The quantitative estimate of drug-likeness (QED) is 0.376. The molecule has 0 aliphatic heterocycles. The average molecular weight is 486 g/mol. The van der Waals surface area contributed by atoms with E-state index in [2.05, 4.69) is 38.5 Å². The number of nitrogens with zero attached hydrogens (tertiary/aromatic N) is 1. The van der Waals surface area contributed by atoms with E-state index in [9.17, 15) is 13.6 Å². The van der Waals surface area contributed by atoms with E-state index in [4.69, 9.17) is 0 Å². The van der Waals surface area contributed by atoms with Gasteiger partial charge in [0.25, 0.3) is 11.8 Å². The van der Waals surface area contributed by atoms with Crippen molar-refractivity contribution < 1.29 is 13.6 Å². The van der Waals surface area contributed by atoms with Crippen molar-refractivity contribution in [2.45, 2.75) is 46.0 Å². The molecule has 6 nitrogen and oxygen atoms in total. The van der Waals surface area contributed by atoms with Crippen LogP contribution in [0.1, 0.15) is 60.7 Å². The summed E-state index contributed by atoms with van der Waals surface area (Å²) in [5.41, 5.74) is 7.98. The largest absolute Gasteiger partial charge is 0.389 e. The van der Waals surface area contributed by atoms with Crippen molar-refractivity contribution in [2.24, 2.45) is 5.73 Å². The highest BCUT2D eigenvalue weighted by molar-refractivity contribution is 5.94. The lowest BCUT2D eigenvalue weighted by molar-refractivity contribution is -0.00356. The van der Waals surface area contributed by atoms with Gasteiger partial charge in [-0.15, -0.1) is 0 Å². The van der Waals surface area contributed by atoms with Gasteiger partial charge < -0.3 is 21.7 Å². The summed E-state index contributed by atoms with van der Waals surface area (Å²) in [7, 11) is 3.30. The fourth-order valence-electron chi connectivity index (χ4n) is 3.10. The number of pyridine rings is 1. The minimum absolute atomic E-state index is 0.154. The Bertz CT molecular complexity index is 1020. The molecule has 2 aromatic rings. The van der Waals surface area contributed by atoms with Crippen molar-refractivity contribution in [3.8, 4) is 11.8 Å². The molecule has 1 aromatic carbocycles. The number of allylic oxidation sites excluding steroid dienone is 1. The zero-order valence-electron chi connectivity index (χ0n) is 21.3. The van der Waals surface area contributed by atoms with Crippen LogP contribution < -0.4 is 21.7 Å². The Balaban J connectivity index is 0.00000298. The number of halogens is 2. The number of benzene rings is 1. The number of alkyl halides is 2. The number of hydrogen-bond acceptors (Lipinski definition) is 5. The molecule has 1 aromatic heterocycles. The van der Waals surface area contributed by atoms with E-state index in [1.54, 1.807) is 31.5 Å². The van der Waals surface area contributed by atoms with Gasteiger partial charge >= 0.3 is 0 Å². The maximum atomic E-state index is 13.7. The summed E-state index contributed by atoms with van der Waals surface area (Å²) in [6, 6.07) is 9.13. The maximum absolute atomic E-state index is 13.7. The molecule has 0 radical (unpaired) electrons. The van der Waals surface area contributed by atoms with Crippen LogP contribution in [0, 0.1) is 11.8 Å². The van der Waals surface area contributed by atoms with Gasteiger partial charge in [0.05, 0.1) is 6.42 Å². The first-order chi connectivity index (χ1) is 16.8. The second-order valence-electron chi connectivity index (χ2n) is 7.51. The Labute approximate surface area is 207 Å². The molecular formula is C27H37F2N5O. The number of carbonyl (C=O) groups is 1. The second kappa shape index (κ2) is 15.5. The molecule has 0 fully saturated rings. The van der Waals surface area contributed by atoms with Crippen molar-refractivity contribution in [2.75, 3.05) is 32.5 Å². The zero-order valence-corrected chi connectivity index (χ0v) is 21.3. The van der Waals surface area contributed by atoms with E-state index in [1.165, 1.54) is 14.0 Å². The molecule has 0 saturated carbocycles. The van der Waals surface area contributed by atoms with Gasteiger partial charge in [0.1, 0.15) is 5.82 Å². The van der Waals surface area contributed by atoms with Crippen molar-refractivity contribution in [3.63, 3.8) is 0 Å². The maximum Gasteiger partial charge on any atom is 0.253 e. The van der Waals surface area contributed by atoms with Gasteiger partial charge in [-0.05, 0) is 56.3 Å². The predicted molar refractivity (Wildman–Crippen MR) is 140 cm³/mol. The number of rotatable bonds is 10. The first kappa shape index (κ1) is 29.6. The Kier molecular flexibility index (Phi) is 13.1.